The van der Waals surface area contributed by atoms with E-state index < -0.39 is 16.9 Å². The zero-order valence-corrected chi connectivity index (χ0v) is 20.9. The van der Waals surface area contributed by atoms with Gasteiger partial charge in [-0.05, 0) is 62.9 Å². The molecule has 0 fully saturated rings. The topological polar surface area (TPSA) is 134 Å². The van der Waals surface area contributed by atoms with E-state index in [1.54, 1.807) is 42.2 Å². The summed E-state index contributed by atoms with van der Waals surface area (Å²) in [5.41, 5.74) is 7.61. The number of aromatic amines is 1. The number of nitrogens with zero attached hydrogens (tertiary/aromatic N) is 3. The molecule has 2 aromatic carbocycles. The molecule has 4 heterocycles. The number of aryl methyl sites for hydroxylation is 1. The van der Waals surface area contributed by atoms with Crippen molar-refractivity contribution in [2.45, 2.75) is 51.0 Å². The van der Waals surface area contributed by atoms with Crippen molar-refractivity contribution in [3.8, 4) is 17.7 Å². The van der Waals surface area contributed by atoms with Crippen LogP contribution in [0.3, 0.4) is 0 Å². The highest BCUT2D eigenvalue weighted by atomic mass is 16.5. The molecule has 186 valence electrons. The van der Waals surface area contributed by atoms with Gasteiger partial charge in [0.1, 0.15) is 22.8 Å². The number of nitriles is 1. The molecule has 0 bridgehead atoms. The molecule has 0 saturated carbocycles. The number of amides is 1. The number of nitrogens with one attached hydrogen (secondary N) is 1. The lowest BCUT2D eigenvalue weighted by Gasteiger charge is -2.44. The van der Waals surface area contributed by atoms with E-state index in [1.807, 2.05) is 26.0 Å². The van der Waals surface area contributed by atoms with Crippen LogP contribution in [0.4, 0.5) is 5.69 Å². The van der Waals surface area contributed by atoms with Crippen LogP contribution in [-0.2, 0) is 10.2 Å². The van der Waals surface area contributed by atoms with Crippen LogP contribution >= 0.6 is 0 Å². The van der Waals surface area contributed by atoms with Gasteiger partial charge in [0.2, 0.25) is 17.7 Å². The Bertz CT molecular complexity index is 1580. The summed E-state index contributed by atoms with van der Waals surface area (Å²) in [6.07, 6.45) is 0.673. The Balaban J connectivity index is 1.67. The van der Waals surface area contributed by atoms with Gasteiger partial charge in [0.15, 0.2) is 0 Å². The van der Waals surface area contributed by atoms with Crippen molar-refractivity contribution in [1.29, 1.82) is 5.26 Å². The molecule has 0 unspecified atom stereocenters. The number of benzene rings is 2. The molecule has 1 amide bonds. The maximum Gasteiger partial charge on any atom is 0.343 e. The zero-order chi connectivity index (χ0) is 26.3. The molecular formula is C28H25N5O4. The molecule has 9 nitrogen and oxygen atoms in total. The number of hydrogen-bond acceptors (Lipinski definition) is 7. The van der Waals surface area contributed by atoms with Gasteiger partial charge in [0.25, 0.3) is 0 Å². The SMILES string of the molecule is Cc1[nH]nc2c1[C@]1(C(=O)N3c4c(cc(OC(=O)c5ccccc5)cc41)[C@@H](C)CC3(C)C)C(C#N)=C(N)O2. The quantitative estimate of drug-likeness (QED) is 0.406. The van der Waals surface area contributed by atoms with E-state index in [9.17, 15) is 14.9 Å². The Labute approximate surface area is 213 Å². The van der Waals surface area contributed by atoms with Crippen molar-refractivity contribution in [3.05, 3.63) is 81.9 Å². The van der Waals surface area contributed by atoms with Crippen LogP contribution in [0.15, 0.2) is 53.9 Å². The second-order valence-electron chi connectivity index (χ2n) is 10.5. The molecular weight excluding hydrogens is 470 g/mol. The summed E-state index contributed by atoms with van der Waals surface area (Å²) in [5.74, 6) is -0.520. The normalized spacial score (nSPS) is 22.8. The average Bonchev–Trinajstić information content (AvgIpc) is 3.34. The third kappa shape index (κ3) is 2.87. The van der Waals surface area contributed by atoms with E-state index in [2.05, 4.69) is 23.2 Å². The van der Waals surface area contributed by atoms with Crippen molar-refractivity contribution in [3.63, 3.8) is 0 Å². The first kappa shape index (κ1) is 22.9. The average molecular weight is 496 g/mol. The molecule has 3 aliphatic rings. The van der Waals surface area contributed by atoms with E-state index in [0.29, 0.717) is 34.5 Å². The van der Waals surface area contributed by atoms with Gasteiger partial charge in [0, 0.05) is 16.8 Å². The van der Waals surface area contributed by atoms with E-state index in [0.717, 1.165) is 5.56 Å². The van der Waals surface area contributed by atoms with Gasteiger partial charge in [-0.2, -0.15) is 5.26 Å². The molecule has 0 saturated heterocycles. The van der Waals surface area contributed by atoms with Gasteiger partial charge >= 0.3 is 5.97 Å². The summed E-state index contributed by atoms with van der Waals surface area (Å²) in [7, 11) is 0. The standard InChI is InChI=1S/C28H25N5O4/c1-14-12-27(3,4)33-22-18(14)10-17(36-25(34)16-8-6-5-7-9-16)11-19(22)28(26(33)35)20(13-29)23(30)37-24-21(28)15(2)31-32-24/h5-11,14H,12,30H2,1-4H3,(H,31,32)/t14-,28+/m0/s1. The van der Waals surface area contributed by atoms with Gasteiger partial charge in [-0.15, -0.1) is 5.10 Å². The number of anilines is 1. The first-order chi connectivity index (χ1) is 17.6. The van der Waals surface area contributed by atoms with Crippen LogP contribution in [0.5, 0.6) is 11.6 Å². The molecule has 3 aromatic rings. The molecule has 37 heavy (non-hydrogen) atoms. The lowest BCUT2D eigenvalue weighted by Crippen LogP contribution is -2.54. The van der Waals surface area contributed by atoms with Crippen molar-refractivity contribution in [2.24, 2.45) is 5.73 Å². The first-order valence-corrected chi connectivity index (χ1v) is 12.0. The van der Waals surface area contributed by atoms with Gasteiger partial charge < -0.3 is 20.1 Å². The van der Waals surface area contributed by atoms with E-state index in [-0.39, 0.29) is 34.9 Å². The van der Waals surface area contributed by atoms with E-state index in [1.165, 1.54) is 0 Å². The van der Waals surface area contributed by atoms with E-state index >= 15 is 0 Å². The lowest BCUT2D eigenvalue weighted by atomic mass is 9.68. The zero-order valence-electron chi connectivity index (χ0n) is 20.9. The minimum Gasteiger partial charge on any atom is -0.423 e. The number of hydrogen-bond donors (Lipinski definition) is 2. The maximum atomic E-state index is 14.6. The van der Waals surface area contributed by atoms with Gasteiger partial charge in [-0.25, -0.2) is 4.79 Å². The number of ether oxygens (including phenoxy) is 2. The highest BCUT2D eigenvalue weighted by molar-refractivity contribution is 6.16. The first-order valence-electron chi connectivity index (χ1n) is 12.0. The van der Waals surface area contributed by atoms with Crippen LogP contribution < -0.4 is 20.1 Å². The van der Waals surface area contributed by atoms with Crippen LogP contribution in [0, 0.1) is 18.3 Å². The number of H-pyrrole nitrogens is 1. The molecule has 6 rings (SSSR count). The Hall–Kier alpha value is -4.58. The Morgan fingerprint density at radius 2 is 2.03 bits per heavy atom. The highest BCUT2D eigenvalue weighted by Crippen LogP contribution is 2.61. The fraction of sp³-hybridized carbons (Fsp3) is 0.286. The van der Waals surface area contributed by atoms with Crippen molar-refractivity contribution in [1.82, 2.24) is 10.2 Å². The minimum atomic E-state index is -1.59. The van der Waals surface area contributed by atoms with Gasteiger partial charge in [-0.1, -0.05) is 25.1 Å². The monoisotopic (exact) mass is 495 g/mol. The Morgan fingerprint density at radius 1 is 1.30 bits per heavy atom. The molecule has 3 aliphatic heterocycles. The number of esters is 1. The molecule has 0 aliphatic carbocycles. The van der Waals surface area contributed by atoms with Crippen molar-refractivity contribution in [2.75, 3.05) is 4.90 Å². The molecule has 3 N–H and O–H groups in total. The molecule has 9 heteroatoms. The summed E-state index contributed by atoms with van der Waals surface area (Å²) in [6.45, 7) is 7.88. The third-order valence-corrected chi connectivity index (χ3v) is 7.66. The van der Waals surface area contributed by atoms with Crippen LogP contribution in [0.25, 0.3) is 0 Å². The van der Waals surface area contributed by atoms with Crippen LogP contribution in [0.2, 0.25) is 0 Å². The second-order valence-corrected chi connectivity index (χ2v) is 10.5. The number of carbonyl (C=O) groups is 2. The third-order valence-electron chi connectivity index (χ3n) is 7.66. The summed E-state index contributed by atoms with van der Waals surface area (Å²) in [4.78, 5) is 29.4. The Morgan fingerprint density at radius 3 is 2.73 bits per heavy atom. The van der Waals surface area contributed by atoms with E-state index in [4.69, 9.17) is 15.2 Å². The van der Waals surface area contributed by atoms with Crippen molar-refractivity contribution >= 4 is 17.6 Å². The second kappa shape index (κ2) is 7.46. The number of fused-ring (bicyclic) bond motifs is 3. The van der Waals surface area contributed by atoms with Gasteiger partial charge in [0.05, 0.1) is 16.8 Å². The van der Waals surface area contributed by atoms with Gasteiger partial charge in [-0.3, -0.25) is 9.89 Å². The number of carbonyl (C=O) groups excluding carboxylic acids is 2. The summed E-state index contributed by atoms with van der Waals surface area (Å²) in [5, 5.41) is 17.4. The minimum absolute atomic E-state index is 0.0129. The molecule has 0 radical (unpaired) electrons. The predicted molar refractivity (Wildman–Crippen MR) is 134 cm³/mol. The fourth-order valence-electron chi connectivity index (χ4n) is 6.26. The van der Waals surface area contributed by atoms with Crippen molar-refractivity contribution < 1.29 is 19.1 Å². The fourth-order valence-corrected chi connectivity index (χ4v) is 6.26. The number of nitrogens with two attached hydrogens (primary N) is 1. The molecule has 2 atom stereocenters. The number of aromatic nitrogens is 2. The van der Waals surface area contributed by atoms with Crippen LogP contribution in [0.1, 0.15) is 65.9 Å². The Kier molecular flexibility index (Phi) is 4.61. The van der Waals surface area contributed by atoms with Crippen LogP contribution in [-0.4, -0.2) is 27.6 Å². The lowest BCUT2D eigenvalue weighted by molar-refractivity contribution is -0.122. The largest absolute Gasteiger partial charge is 0.423 e. The predicted octanol–water partition coefficient (Wildman–Crippen LogP) is 3.94. The summed E-state index contributed by atoms with van der Waals surface area (Å²) >= 11 is 0. The summed E-state index contributed by atoms with van der Waals surface area (Å²) < 4.78 is 11.5. The maximum absolute atomic E-state index is 14.6. The molecule has 1 aromatic heterocycles. The summed E-state index contributed by atoms with van der Waals surface area (Å²) in [6, 6.07) is 14.3. The smallest absolute Gasteiger partial charge is 0.343 e. The highest BCUT2D eigenvalue weighted by Gasteiger charge is 2.64. The number of rotatable bonds is 2. The molecule has 1 spiro atoms.